The van der Waals surface area contributed by atoms with Crippen molar-refractivity contribution in [2.24, 2.45) is 0 Å². The Labute approximate surface area is 176 Å². The molecule has 0 saturated carbocycles. The van der Waals surface area contributed by atoms with E-state index < -0.39 is 0 Å². The number of carbonyl (C=O) groups excluding carboxylic acids is 1. The monoisotopic (exact) mass is 404 g/mol. The topological polar surface area (TPSA) is 58.4 Å². The van der Waals surface area contributed by atoms with Crippen molar-refractivity contribution in [1.29, 1.82) is 0 Å². The Morgan fingerprint density at radius 2 is 1.90 bits per heavy atom. The van der Waals surface area contributed by atoms with Crippen LogP contribution < -0.4 is 10.5 Å². The molecule has 4 rings (SSSR count). The van der Waals surface area contributed by atoms with Crippen molar-refractivity contribution in [3.63, 3.8) is 0 Å². The van der Waals surface area contributed by atoms with Gasteiger partial charge in [0.2, 0.25) is 5.91 Å². The minimum atomic E-state index is -0.126. The molecule has 30 heavy (non-hydrogen) atoms. The van der Waals surface area contributed by atoms with E-state index in [1.54, 1.807) is 11.5 Å². The molecule has 0 bridgehead atoms. The number of hydrogen-bond acceptors (Lipinski definition) is 4. The lowest BCUT2D eigenvalue weighted by molar-refractivity contribution is -0.132. The highest BCUT2D eigenvalue weighted by Gasteiger charge is 2.27. The summed E-state index contributed by atoms with van der Waals surface area (Å²) in [5, 5.41) is 0. The molecule has 0 N–H and O–H groups in total. The maximum atomic E-state index is 12.9. The second-order valence-electron chi connectivity index (χ2n) is 8.11. The summed E-state index contributed by atoms with van der Waals surface area (Å²) in [4.78, 5) is 34.2. The molecule has 156 valence electrons. The van der Waals surface area contributed by atoms with Crippen LogP contribution >= 0.6 is 0 Å². The van der Waals surface area contributed by atoms with Crippen molar-refractivity contribution < 1.29 is 4.79 Å². The maximum absolute atomic E-state index is 12.9. The highest BCUT2D eigenvalue weighted by molar-refractivity contribution is 5.78. The lowest BCUT2D eigenvalue weighted by Crippen LogP contribution is -2.54. The van der Waals surface area contributed by atoms with Crippen LogP contribution in [0.5, 0.6) is 0 Å². The van der Waals surface area contributed by atoms with E-state index in [1.165, 1.54) is 11.3 Å². The van der Waals surface area contributed by atoms with Gasteiger partial charge in [-0.15, -0.1) is 0 Å². The molecule has 3 aromatic rings. The average Bonchev–Trinajstić information content (AvgIpc) is 2.74. The number of carbonyl (C=O) groups is 1. The van der Waals surface area contributed by atoms with Crippen molar-refractivity contribution in [2.75, 3.05) is 24.5 Å². The van der Waals surface area contributed by atoms with Crippen molar-refractivity contribution >= 4 is 22.6 Å². The molecule has 0 spiro atoms. The number of fused-ring (bicyclic) bond motifs is 1. The van der Waals surface area contributed by atoms with Crippen LogP contribution in [0.2, 0.25) is 0 Å². The van der Waals surface area contributed by atoms with Gasteiger partial charge in [0.25, 0.3) is 5.56 Å². The smallest absolute Gasteiger partial charge is 0.272 e. The zero-order chi connectivity index (χ0) is 21.3. The first-order chi connectivity index (χ1) is 14.4. The van der Waals surface area contributed by atoms with Gasteiger partial charge in [0, 0.05) is 44.3 Å². The summed E-state index contributed by atoms with van der Waals surface area (Å²) in [6.07, 6.45) is 0.310. The zero-order valence-corrected chi connectivity index (χ0v) is 17.8. The summed E-state index contributed by atoms with van der Waals surface area (Å²) < 4.78 is 1.68. The van der Waals surface area contributed by atoms with Crippen LogP contribution in [-0.4, -0.2) is 46.0 Å². The van der Waals surface area contributed by atoms with Gasteiger partial charge in [0.1, 0.15) is 5.69 Å². The maximum Gasteiger partial charge on any atom is 0.272 e. The Morgan fingerprint density at radius 1 is 1.10 bits per heavy atom. The van der Waals surface area contributed by atoms with Crippen molar-refractivity contribution in [3.8, 4) is 0 Å². The highest BCUT2D eigenvalue weighted by atomic mass is 16.2. The van der Waals surface area contributed by atoms with E-state index in [4.69, 9.17) is 0 Å². The average molecular weight is 405 g/mol. The predicted molar refractivity (Wildman–Crippen MR) is 120 cm³/mol. The third-order valence-electron chi connectivity index (χ3n) is 5.88. The first kappa shape index (κ1) is 20.1. The van der Waals surface area contributed by atoms with Crippen LogP contribution in [0.4, 0.5) is 5.69 Å². The van der Waals surface area contributed by atoms with E-state index in [2.05, 4.69) is 48.0 Å². The van der Waals surface area contributed by atoms with E-state index in [-0.39, 0.29) is 17.5 Å². The fourth-order valence-corrected chi connectivity index (χ4v) is 4.28. The van der Waals surface area contributed by atoms with Gasteiger partial charge in [-0.05, 0) is 50.6 Å². The molecule has 6 nitrogen and oxygen atoms in total. The predicted octanol–water partition coefficient (Wildman–Crippen LogP) is 3.14. The molecule has 1 unspecified atom stereocenters. The van der Waals surface area contributed by atoms with Crippen LogP contribution in [0.15, 0.2) is 53.3 Å². The number of anilines is 1. The minimum absolute atomic E-state index is 0.0937. The Bertz CT molecular complexity index is 1140. The third kappa shape index (κ3) is 3.95. The molecule has 0 aliphatic carbocycles. The van der Waals surface area contributed by atoms with Gasteiger partial charge in [-0.2, -0.15) is 0 Å². The number of aryl methyl sites for hydroxylation is 3. The fourth-order valence-electron chi connectivity index (χ4n) is 4.28. The summed E-state index contributed by atoms with van der Waals surface area (Å²) in [7, 11) is 0. The summed E-state index contributed by atoms with van der Waals surface area (Å²) >= 11 is 0. The molecule has 1 aliphatic heterocycles. The van der Waals surface area contributed by atoms with Gasteiger partial charge in [-0.3, -0.25) is 9.59 Å². The Hall–Kier alpha value is -3.15. The molecule has 1 amide bonds. The van der Waals surface area contributed by atoms with E-state index in [9.17, 15) is 9.59 Å². The molecule has 2 heterocycles. The number of hydrogen-bond donors (Lipinski definition) is 0. The molecule has 1 saturated heterocycles. The Balaban J connectivity index is 1.44. The van der Waals surface area contributed by atoms with Gasteiger partial charge >= 0.3 is 0 Å². The summed E-state index contributed by atoms with van der Waals surface area (Å²) in [5.41, 5.74) is 4.34. The van der Waals surface area contributed by atoms with Gasteiger partial charge in [-0.25, -0.2) is 4.98 Å². The molecule has 0 radical (unpaired) electrons. The van der Waals surface area contributed by atoms with E-state index in [0.717, 1.165) is 17.6 Å². The van der Waals surface area contributed by atoms with E-state index >= 15 is 0 Å². The van der Waals surface area contributed by atoms with Gasteiger partial charge in [0.05, 0.1) is 11.0 Å². The van der Waals surface area contributed by atoms with Crippen LogP contribution in [-0.2, 0) is 11.3 Å². The molecular weight excluding hydrogens is 376 g/mol. The summed E-state index contributed by atoms with van der Waals surface area (Å²) in [6, 6.07) is 16.3. The van der Waals surface area contributed by atoms with Crippen molar-refractivity contribution in [2.45, 2.75) is 39.8 Å². The lowest BCUT2D eigenvalue weighted by atomic mass is 10.1. The van der Waals surface area contributed by atoms with Crippen molar-refractivity contribution in [1.82, 2.24) is 14.5 Å². The molecule has 1 atom stereocenters. The lowest BCUT2D eigenvalue weighted by Gasteiger charge is -2.41. The molecule has 6 heteroatoms. The minimum Gasteiger partial charge on any atom is -0.365 e. The Kier molecular flexibility index (Phi) is 5.57. The number of aromatic nitrogens is 2. The molecule has 1 aliphatic rings. The number of nitrogens with zero attached hydrogens (tertiary/aromatic N) is 4. The van der Waals surface area contributed by atoms with E-state index in [1.807, 2.05) is 29.2 Å². The normalized spacial score (nSPS) is 16.8. The molecule has 2 aromatic carbocycles. The largest absolute Gasteiger partial charge is 0.365 e. The fraction of sp³-hybridized carbons (Fsp3) is 0.375. The summed E-state index contributed by atoms with van der Waals surface area (Å²) in [6.45, 7) is 8.55. The number of amides is 1. The molecule has 1 fully saturated rings. The first-order valence-corrected chi connectivity index (χ1v) is 10.5. The zero-order valence-electron chi connectivity index (χ0n) is 17.8. The Morgan fingerprint density at radius 3 is 2.67 bits per heavy atom. The number of rotatable bonds is 4. The number of para-hydroxylation sites is 2. The van der Waals surface area contributed by atoms with Crippen LogP contribution in [0.25, 0.3) is 11.0 Å². The standard InChI is InChI=1S/C24H28N4O2/c1-17-7-6-8-20(15-17)27-14-13-26(16-18(27)2)23(29)11-12-28-22-10-5-4-9-21(22)25-19(3)24(28)30/h4-10,15,18H,11-14,16H2,1-3H3. The van der Waals surface area contributed by atoms with Gasteiger partial charge in [-0.1, -0.05) is 24.3 Å². The third-order valence-corrected chi connectivity index (χ3v) is 5.88. The second-order valence-corrected chi connectivity index (χ2v) is 8.11. The SMILES string of the molecule is Cc1cccc(N2CCN(C(=O)CCn3c(=O)c(C)nc4ccccc43)CC2C)c1. The second kappa shape index (κ2) is 8.30. The van der Waals surface area contributed by atoms with Crippen LogP contribution in [0.3, 0.4) is 0 Å². The quantitative estimate of drug-likeness (QED) is 0.670. The van der Waals surface area contributed by atoms with E-state index in [0.29, 0.717) is 31.7 Å². The highest BCUT2D eigenvalue weighted by Crippen LogP contribution is 2.22. The van der Waals surface area contributed by atoms with Gasteiger partial charge in [0.15, 0.2) is 0 Å². The van der Waals surface area contributed by atoms with Crippen molar-refractivity contribution in [3.05, 3.63) is 70.1 Å². The number of benzene rings is 2. The first-order valence-electron chi connectivity index (χ1n) is 10.5. The molecular formula is C24H28N4O2. The number of piperazine rings is 1. The van der Waals surface area contributed by atoms with Gasteiger partial charge < -0.3 is 14.4 Å². The molecule has 1 aromatic heterocycles. The van der Waals surface area contributed by atoms with Crippen LogP contribution in [0.1, 0.15) is 24.6 Å². The summed E-state index contributed by atoms with van der Waals surface area (Å²) in [5.74, 6) is 0.0937. The van der Waals surface area contributed by atoms with Crippen LogP contribution in [0, 0.1) is 13.8 Å².